The van der Waals surface area contributed by atoms with Crippen molar-refractivity contribution in [1.29, 1.82) is 0 Å². The van der Waals surface area contributed by atoms with Crippen molar-refractivity contribution >= 4 is 11.8 Å². The number of benzene rings is 1. The van der Waals surface area contributed by atoms with Gasteiger partial charge in [-0.3, -0.25) is 10.1 Å². The highest BCUT2D eigenvalue weighted by Gasteiger charge is 2.09. The SMILES string of the molecule is C=Cc1nnc(-c2ccc([N+](=O)[O-])cc2)o1. The van der Waals surface area contributed by atoms with Gasteiger partial charge in [0.1, 0.15) is 0 Å². The molecule has 0 saturated heterocycles. The lowest BCUT2D eigenvalue weighted by molar-refractivity contribution is -0.384. The maximum absolute atomic E-state index is 10.4. The van der Waals surface area contributed by atoms with Gasteiger partial charge in [0.15, 0.2) is 0 Å². The molecule has 0 amide bonds. The van der Waals surface area contributed by atoms with Gasteiger partial charge >= 0.3 is 0 Å². The van der Waals surface area contributed by atoms with E-state index in [1.807, 2.05) is 0 Å². The highest BCUT2D eigenvalue weighted by molar-refractivity contribution is 5.55. The zero-order valence-electron chi connectivity index (χ0n) is 8.16. The summed E-state index contributed by atoms with van der Waals surface area (Å²) in [6, 6.07) is 5.87. The van der Waals surface area contributed by atoms with Crippen molar-refractivity contribution in [2.45, 2.75) is 0 Å². The normalized spacial score (nSPS) is 10.0. The zero-order chi connectivity index (χ0) is 11.5. The van der Waals surface area contributed by atoms with Gasteiger partial charge in [0.2, 0.25) is 11.8 Å². The van der Waals surface area contributed by atoms with Gasteiger partial charge in [-0.05, 0) is 18.2 Å². The Balaban J connectivity index is 2.34. The number of rotatable bonds is 3. The van der Waals surface area contributed by atoms with Crippen LogP contribution < -0.4 is 0 Å². The Morgan fingerprint density at radius 2 is 2.00 bits per heavy atom. The van der Waals surface area contributed by atoms with Crippen LogP contribution >= 0.6 is 0 Å². The second kappa shape index (κ2) is 3.93. The molecule has 0 spiro atoms. The van der Waals surface area contributed by atoms with Gasteiger partial charge in [0, 0.05) is 17.7 Å². The molecule has 0 atom stereocenters. The van der Waals surface area contributed by atoms with E-state index in [9.17, 15) is 10.1 Å². The summed E-state index contributed by atoms with van der Waals surface area (Å²) in [7, 11) is 0. The van der Waals surface area contributed by atoms with E-state index in [1.165, 1.54) is 18.2 Å². The van der Waals surface area contributed by atoms with Crippen LogP contribution in [0.4, 0.5) is 5.69 Å². The fraction of sp³-hybridized carbons (Fsp3) is 0. The second-order valence-electron chi connectivity index (χ2n) is 2.95. The number of hydrogen-bond donors (Lipinski definition) is 0. The summed E-state index contributed by atoms with van der Waals surface area (Å²) in [6.45, 7) is 3.49. The fourth-order valence-corrected chi connectivity index (χ4v) is 1.16. The van der Waals surface area contributed by atoms with Crippen LogP contribution in [-0.4, -0.2) is 15.1 Å². The minimum absolute atomic E-state index is 0.0206. The predicted octanol–water partition coefficient (Wildman–Crippen LogP) is 2.29. The van der Waals surface area contributed by atoms with Gasteiger partial charge in [-0.25, -0.2) is 0 Å². The first kappa shape index (κ1) is 10.0. The Morgan fingerprint density at radius 1 is 1.31 bits per heavy atom. The molecule has 0 bridgehead atoms. The maximum atomic E-state index is 10.4. The summed E-state index contributed by atoms with van der Waals surface area (Å²) in [6.07, 6.45) is 1.43. The van der Waals surface area contributed by atoms with E-state index >= 15 is 0 Å². The molecule has 0 aliphatic heterocycles. The van der Waals surface area contributed by atoms with E-state index in [4.69, 9.17) is 4.42 Å². The molecule has 16 heavy (non-hydrogen) atoms. The van der Waals surface area contributed by atoms with Crippen LogP contribution in [0.15, 0.2) is 35.3 Å². The van der Waals surface area contributed by atoms with Gasteiger partial charge in [-0.2, -0.15) is 0 Å². The molecule has 2 aromatic rings. The molecular formula is C10H7N3O3. The van der Waals surface area contributed by atoms with Crippen LogP contribution in [0.3, 0.4) is 0 Å². The van der Waals surface area contributed by atoms with E-state index in [2.05, 4.69) is 16.8 Å². The molecule has 0 fully saturated rings. The van der Waals surface area contributed by atoms with E-state index in [0.29, 0.717) is 17.3 Å². The first-order chi connectivity index (χ1) is 7.70. The summed E-state index contributed by atoms with van der Waals surface area (Å²) < 4.78 is 5.21. The molecule has 6 heteroatoms. The molecule has 0 N–H and O–H groups in total. The van der Waals surface area contributed by atoms with Crippen LogP contribution in [0.2, 0.25) is 0 Å². The zero-order valence-corrected chi connectivity index (χ0v) is 8.16. The minimum atomic E-state index is -0.466. The van der Waals surface area contributed by atoms with Crippen LogP contribution in [0.1, 0.15) is 5.89 Å². The third-order valence-corrected chi connectivity index (χ3v) is 1.94. The van der Waals surface area contributed by atoms with Gasteiger partial charge in [-0.1, -0.05) is 6.58 Å². The first-order valence-electron chi connectivity index (χ1n) is 4.41. The van der Waals surface area contributed by atoms with Crippen molar-refractivity contribution in [2.24, 2.45) is 0 Å². The number of nitrogens with zero attached hydrogens (tertiary/aromatic N) is 3. The Hall–Kier alpha value is -2.50. The van der Waals surface area contributed by atoms with Crippen LogP contribution in [0.5, 0.6) is 0 Å². The second-order valence-corrected chi connectivity index (χ2v) is 2.95. The number of nitro benzene ring substituents is 1. The van der Waals surface area contributed by atoms with E-state index in [-0.39, 0.29) is 5.69 Å². The minimum Gasteiger partial charge on any atom is -0.417 e. The Morgan fingerprint density at radius 3 is 2.50 bits per heavy atom. The van der Waals surface area contributed by atoms with Gasteiger partial charge in [0.05, 0.1) is 4.92 Å². The first-order valence-corrected chi connectivity index (χ1v) is 4.41. The smallest absolute Gasteiger partial charge is 0.269 e. The van der Waals surface area contributed by atoms with Gasteiger partial charge in [0.25, 0.3) is 5.69 Å². The molecule has 0 aliphatic carbocycles. The Bertz CT molecular complexity index is 530. The molecule has 0 unspecified atom stereocenters. The summed E-state index contributed by atoms with van der Waals surface area (Å²) in [5.41, 5.74) is 0.651. The molecule has 1 aromatic carbocycles. The van der Waals surface area contributed by atoms with Crippen molar-refractivity contribution in [3.8, 4) is 11.5 Å². The summed E-state index contributed by atoms with van der Waals surface area (Å²) in [5.74, 6) is 0.623. The molecule has 0 aliphatic rings. The highest BCUT2D eigenvalue weighted by Crippen LogP contribution is 2.21. The molecular weight excluding hydrogens is 210 g/mol. The molecule has 6 nitrogen and oxygen atoms in total. The quantitative estimate of drug-likeness (QED) is 0.581. The standard InChI is InChI=1S/C10H7N3O3/c1-2-9-11-12-10(16-9)7-3-5-8(6-4-7)13(14)15/h2-6H,1H2. The number of hydrogen-bond acceptors (Lipinski definition) is 5. The summed E-state index contributed by atoms with van der Waals surface area (Å²) in [4.78, 5) is 9.97. The molecule has 1 aromatic heterocycles. The summed E-state index contributed by atoms with van der Waals surface area (Å²) >= 11 is 0. The maximum Gasteiger partial charge on any atom is 0.269 e. The highest BCUT2D eigenvalue weighted by atomic mass is 16.6. The lowest BCUT2D eigenvalue weighted by Gasteiger charge is -1.93. The van der Waals surface area contributed by atoms with Crippen molar-refractivity contribution < 1.29 is 9.34 Å². The van der Waals surface area contributed by atoms with Crippen LogP contribution in [-0.2, 0) is 0 Å². The average Bonchev–Trinajstić information content (AvgIpc) is 2.77. The summed E-state index contributed by atoms with van der Waals surface area (Å²) in [5, 5.41) is 17.9. The molecule has 1 heterocycles. The largest absolute Gasteiger partial charge is 0.417 e. The lowest BCUT2D eigenvalue weighted by atomic mass is 10.2. The predicted molar refractivity (Wildman–Crippen MR) is 56.5 cm³/mol. The van der Waals surface area contributed by atoms with Crippen LogP contribution in [0, 0.1) is 10.1 Å². The fourth-order valence-electron chi connectivity index (χ4n) is 1.16. The van der Waals surface area contributed by atoms with E-state index in [1.54, 1.807) is 12.1 Å². The van der Waals surface area contributed by atoms with Crippen molar-refractivity contribution in [3.63, 3.8) is 0 Å². The monoisotopic (exact) mass is 217 g/mol. The van der Waals surface area contributed by atoms with Crippen LogP contribution in [0.25, 0.3) is 17.5 Å². The number of non-ortho nitro benzene ring substituents is 1. The van der Waals surface area contributed by atoms with E-state index in [0.717, 1.165) is 0 Å². The van der Waals surface area contributed by atoms with E-state index < -0.39 is 4.92 Å². The average molecular weight is 217 g/mol. The van der Waals surface area contributed by atoms with Gasteiger partial charge < -0.3 is 4.42 Å². The third kappa shape index (κ3) is 1.81. The number of nitro groups is 1. The number of aromatic nitrogens is 2. The molecule has 0 radical (unpaired) electrons. The van der Waals surface area contributed by atoms with Crippen molar-refractivity contribution in [2.75, 3.05) is 0 Å². The van der Waals surface area contributed by atoms with Gasteiger partial charge in [-0.15, -0.1) is 10.2 Å². The van der Waals surface area contributed by atoms with Crippen molar-refractivity contribution in [3.05, 3.63) is 46.8 Å². The Labute approximate surface area is 90.4 Å². The molecule has 2 rings (SSSR count). The van der Waals surface area contributed by atoms with Crippen molar-refractivity contribution in [1.82, 2.24) is 10.2 Å². The third-order valence-electron chi connectivity index (χ3n) is 1.94. The molecule has 80 valence electrons. The topological polar surface area (TPSA) is 82.1 Å². The lowest BCUT2D eigenvalue weighted by Crippen LogP contribution is -1.87. The molecule has 0 saturated carbocycles. The Kier molecular flexibility index (Phi) is 2.47.